The smallest absolute Gasteiger partial charge is 0.336 e. The van der Waals surface area contributed by atoms with Crippen LogP contribution >= 0.6 is 0 Å². The summed E-state index contributed by atoms with van der Waals surface area (Å²) in [6.45, 7) is 2.89. The van der Waals surface area contributed by atoms with Gasteiger partial charge in [0.2, 0.25) is 0 Å². The first-order chi connectivity index (χ1) is 17.9. The largest absolute Gasteiger partial charge is 0.466 e. The van der Waals surface area contributed by atoms with Crippen molar-refractivity contribution in [1.29, 1.82) is 5.26 Å². The van der Waals surface area contributed by atoms with Crippen molar-refractivity contribution in [3.8, 4) is 6.07 Å². The fourth-order valence-corrected chi connectivity index (χ4v) is 5.01. The van der Waals surface area contributed by atoms with Crippen molar-refractivity contribution in [2.24, 2.45) is 5.73 Å². The molecule has 0 amide bonds. The van der Waals surface area contributed by atoms with E-state index >= 15 is 0 Å². The van der Waals surface area contributed by atoms with E-state index in [-0.39, 0.29) is 22.7 Å². The lowest BCUT2D eigenvalue weighted by molar-refractivity contribution is -0.384. The fraction of sp³-hybridized carbons (Fsp3) is 0.143. The number of methoxy groups -OCH3 is 1. The number of esters is 1. The molecule has 37 heavy (non-hydrogen) atoms. The molecule has 5 rings (SSSR count). The first-order valence-electron chi connectivity index (χ1n) is 11.6. The van der Waals surface area contributed by atoms with E-state index in [1.54, 1.807) is 11.1 Å². The minimum Gasteiger partial charge on any atom is -0.466 e. The predicted molar refractivity (Wildman–Crippen MR) is 140 cm³/mol. The summed E-state index contributed by atoms with van der Waals surface area (Å²) >= 11 is 0. The average molecular weight is 494 g/mol. The molecule has 1 atom stereocenters. The summed E-state index contributed by atoms with van der Waals surface area (Å²) in [5.74, 6) is -1.30. The summed E-state index contributed by atoms with van der Waals surface area (Å²) in [5.41, 5.74) is 10.2. The van der Waals surface area contributed by atoms with E-state index in [1.807, 2.05) is 30.3 Å². The molecule has 2 heterocycles. The third kappa shape index (κ3) is 3.76. The Morgan fingerprint density at radius 3 is 2.46 bits per heavy atom. The molecule has 1 aliphatic heterocycles. The van der Waals surface area contributed by atoms with Crippen molar-refractivity contribution in [3.63, 3.8) is 0 Å². The minimum atomic E-state index is -0.833. The number of para-hydroxylation sites is 1. The van der Waals surface area contributed by atoms with Crippen LogP contribution in [0.3, 0.4) is 0 Å². The number of hydrogen-bond donors (Lipinski definition) is 1. The Morgan fingerprint density at radius 2 is 1.81 bits per heavy atom. The summed E-state index contributed by atoms with van der Waals surface area (Å²) in [5, 5.41) is 23.3. The first kappa shape index (κ1) is 23.6. The van der Waals surface area contributed by atoms with E-state index in [0.29, 0.717) is 11.3 Å². The number of carbonyl (C=O) groups is 1. The topological polar surface area (TPSA) is 127 Å². The molecule has 1 aromatic heterocycles. The number of carbonyl (C=O) groups excluding carboxylic acids is 1. The Morgan fingerprint density at radius 1 is 1.11 bits per heavy atom. The summed E-state index contributed by atoms with van der Waals surface area (Å²) < 4.78 is 7.27. The van der Waals surface area contributed by atoms with Crippen LogP contribution in [0, 0.1) is 21.4 Å². The van der Waals surface area contributed by atoms with Gasteiger partial charge in [0, 0.05) is 52.4 Å². The zero-order valence-electron chi connectivity index (χ0n) is 20.2. The molecule has 1 unspecified atom stereocenters. The van der Waals surface area contributed by atoms with Crippen LogP contribution in [0.5, 0.6) is 0 Å². The second-order valence-corrected chi connectivity index (χ2v) is 8.60. The van der Waals surface area contributed by atoms with Gasteiger partial charge in [0.05, 0.1) is 35.2 Å². The number of aromatic nitrogens is 1. The maximum Gasteiger partial charge on any atom is 0.336 e. The molecule has 9 heteroatoms. The molecule has 0 saturated carbocycles. The van der Waals surface area contributed by atoms with Gasteiger partial charge in [-0.25, -0.2) is 4.79 Å². The van der Waals surface area contributed by atoms with E-state index in [9.17, 15) is 20.2 Å². The molecular formula is C28H23N5O4. The fourth-order valence-electron chi connectivity index (χ4n) is 5.01. The monoisotopic (exact) mass is 493 g/mol. The standard InChI is InChI=1S/C28H23N5O4/c1-3-31-24-7-5-4-6-20(24)21-14-19(12-13-25(21)31)32-16-23(28(34)37-2)26(22(15-29)27(32)30)17-8-10-18(11-9-17)33(35)36/h4-14,16,26H,3,30H2,1-2H3. The maximum atomic E-state index is 12.9. The van der Waals surface area contributed by atoms with Crippen molar-refractivity contribution in [3.05, 3.63) is 106 Å². The number of fused-ring (bicyclic) bond motifs is 3. The molecule has 0 spiro atoms. The highest BCUT2D eigenvalue weighted by molar-refractivity contribution is 6.09. The lowest BCUT2D eigenvalue weighted by Crippen LogP contribution is -2.33. The SMILES string of the molecule is CCn1c2ccccc2c2cc(N3C=C(C(=O)OC)C(c4ccc([N+](=O)[O-])cc4)C(C#N)=C3N)ccc21. The molecule has 0 fully saturated rings. The molecular weight excluding hydrogens is 470 g/mol. The number of nitro groups is 1. The van der Waals surface area contributed by atoms with E-state index in [0.717, 1.165) is 28.4 Å². The number of nitro benzene ring substituents is 1. The Kier molecular flexibility index (Phi) is 5.85. The van der Waals surface area contributed by atoms with Crippen LogP contribution in [0.1, 0.15) is 18.4 Å². The zero-order valence-corrected chi connectivity index (χ0v) is 20.2. The number of hydrogen-bond acceptors (Lipinski definition) is 7. The number of ether oxygens (including phenoxy) is 1. The molecule has 0 aliphatic carbocycles. The van der Waals surface area contributed by atoms with Crippen molar-refractivity contribution < 1.29 is 14.5 Å². The number of nitrogens with zero attached hydrogens (tertiary/aromatic N) is 4. The zero-order chi connectivity index (χ0) is 26.3. The van der Waals surface area contributed by atoms with Gasteiger partial charge in [0.1, 0.15) is 5.82 Å². The van der Waals surface area contributed by atoms with Crippen LogP contribution in [0.15, 0.2) is 89.9 Å². The van der Waals surface area contributed by atoms with Crippen molar-refractivity contribution in [2.75, 3.05) is 12.0 Å². The predicted octanol–water partition coefficient (Wildman–Crippen LogP) is 5.08. The van der Waals surface area contributed by atoms with Gasteiger partial charge in [-0.15, -0.1) is 0 Å². The van der Waals surface area contributed by atoms with Gasteiger partial charge in [0.25, 0.3) is 5.69 Å². The van der Waals surface area contributed by atoms with E-state index in [4.69, 9.17) is 10.5 Å². The molecule has 0 saturated heterocycles. The van der Waals surface area contributed by atoms with Gasteiger partial charge in [0.15, 0.2) is 0 Å². The average Bonchev–Trinajstić information content (AvgIpc) is 3.25. The van der Waals surface area contributed by atoms with E-state index in [2.05, 4.69) is 29.7 Å². The minimum absolute atomic E-state index is 0.0974. The van der Waals surface area contributed by atoms with Crippen LogP contribution in [-0.2, 0) is 16.1 Å². The Hall–Kier alpha value is -5.10. The quantitative estimate of drug-likeness (QED) is 0.233. The van der Waals surface area contributed by atoms with Gasteiger partial charge in [-0.05, 0) is 36.8 Å². The third-order valence-corrected chi connectivity index (χ3v) is 6.73. The molecule has 2 N–H and O–H groups in total. The van der Waals surface area contributed by atoms with Crippen molar-refractivity contribution in [1.82, 2.24) is 4.57 Å². The molecule has 1 aliphatic rings. The second kappa shape index (κ2) is 9.17. The highest BCUT2D eigenvalue weighted by atomic mass is 16.6. The number of non-ortho nitro benzene ring substituents is 1. The van der Waals surface area contributed by atoms with Gasteiger partial charge < -0.3 is 19.9 Å². The molecule has 0 bridgehead atoms. The summed E-state index contributed by atoms with van der Waals surface area (Å²) in [4.78, 5) is 25.1. The van der Waals surface area contributed by atoms with E-state index < -0.39 is 16.8 Å². The van der Waals surface area contributed by atoms with Gasteiger partial charge >= 0.3 is 5.97 Å². The third-order valence-electron chi connectivity index (χ3n) is 6.73. The summed E-state index contributed by atoms with van der Waals surface area (Å²) in [6, 6.07) is 21.9. The van der Waals surface area contributed by atoms with Crippen molar-refractivity contribution >= 4 is 39.1 Å². The van der Waals surface area contributed by atoms with Crippen LogP contribution in [0.4, 0.5) is 11.4 Å². The lowest BCUT2D eigenvalue weighted by atomic mass is 9.83. The van der Waals surface area contributed by atoms with Gasteiger partial charge in [-0.3, -0.25) is 10.1 Å². The van der Waals surface area contributed by atoms with Gasteiger partial charge in [-0.1, -0.05) is 30.3 Å². The van der Waals surface area contributed by atoms with Crippen LogP contribution in [-0.4, -0.2) is 22.6 Å². The Labute approximate surface area is 212 Å². The normalized spacial score (nSPS) is 15.5. The second-order valence-electron chi connectivity index (χ2n) is 8.60. The number of benzene rings is 3. The number of nitriles is 1. The highest BCUT2D eigenvalue weighted by Crippen LogP contribution is 2.41. The van der Waals surface area contributed by atoms with Gasteiger partial charge in [-0.2, -0.15) is 5.26 Å². The van der Waals surface area contributed by atoms with Crippen LogP contribution < -0.4 is 10.6 Å². The Bertz CT molecular complexity index is 1670. The number of anilines is 1. The lowest BCUT2D eigenvalue weighted by Gasteiger charge is -2.32. The number of aryl methyl sites for hydroxylation is 1. The molecule has 0 radical (unpaired) electrons. The number of nitrogens with two attached hydrogens (primary N) is 1. The number of rotatable bonds is 5. The molecule has 184 valence electrons. The Balaban J connectivity index is 1.68. The van der Waals surface area contributed by atoms with Crippen molar-refractivity contribution in [2.45, 2.75) is 19.4 Å². The summed E-state index contributed by atoms with van der Waals surface area (Å²) in [6.07, 6.45) is 1.58. The maximum absolute atomic E-state index is 12.9. The molecule has 9 nitrogen and oxygen atoms in total. The van der Waals surface area contributed by atoms with Crippen LogP contribution in [0.2, 0.25) is 0 Å². The molecule has 3 aromatic carbocycles. The molecule has 4 aromatic rings. The highest BCUT2D eigenvalue weighted by Gasteiger charge is 2.35. The summed E-state index contributed by atoms with van der Waals surface area (Å²) in [7, 11) is 1.26. The van der Waals surface area contributed by atoms with Crippen LogP contribution in [0.25, 0.3) is 21.8 Å². The number of allylic oxidation sites excluding steroid dienone is 1. The first-order valence-corrected chi connectivity index (χ1v) is 11.6. The van der Waals surface area contributed by atoms with E-state index in [1.165, 1.54) is 31.4 Å².